The lowest BCUT2D eigenvalue weighted by molar-refractivity contribution is -0.123. The topological polar surface area (TPSA) is 38.8 Å². The van der Waals surface area contributed by atoms with Gasteiger partial charge in [-0.2, -0.15) is 0 Å². The van der Waals surface area contributed by atoms with Gasteiger partial charge in [0.15, 0.2) is 0 Å². The zero-order valence-electron chi connectivity index (χ0n) is 16.3. The molecule has 2 heterocycles. The number of carbonyl (C=O) groups excluding carboxylic acids is 1. The van der Waals surface area contributed by atoms with E-state index < -0.39 is 0 Å². The van der Waals surface area contributed by atoms with Crippen LogP contribution in [0.3, 0.4) is 0 Å². The minimum absolute atomic E-state index is 0.0552. The SMILES string of the molecule is O=C1/C(=C/c2cc(Br)c(OCc3cccc(F)c3)c(Br)c2)SC(=S)N1C[C@H]1CCCO1. The minimum atomic E-state index is -0.300. The summed E-state index contributed by atoms with van der Waals surface area (Å²) < 4.78 is 26.9. The van der Waals surface area contributed by atoms with Crippen LogP contribution in [0.5, 0.6) is 5.75 Å². The second-order valence-electron chi connectivity index (χ2n) is 7.16. The lowest BCUT2D eigenvalue weighted by atomic mass is 10.2. The fraction of sp³-hybridized carbons (Fsp3) is 0.273. The predicted octanol–water partition coefficient (Wildman–Crippen LogP) is 6.31. The second-order valence-corrected chi connectivity index (χ2v) is 10.5. The van der Waals surface area contributed by atoms with Gasteiger partial charge in [-0.25, -0.2) is 4.39 Å². The second kappa shape index (κ2) is 10.1. The Morgan fingerprint density at radius 3 is 2.74 bits per heavy atom. The summed E-state index contributed by atoms with van der Waals surface area (Å²) in [6.45, 7) is 1.48. The molecule has 162 valence electrons. The molecule has 0 aromatic heterocycles. The number of amides is 1. The van der Waals surface area contributed by atoms with Crippen LogP contribution in [0.1, 0.15) is 24.0 Å². The molecule has 2 aliphatic heterocycles. The van der Waals surface area contributed by atoms with Crippen molar-refractivity contribution in [2.24, 2.45) is 0 Å². The molecule has 0 spiro atoms. The molecule has 1 atom stereocenters. The van der Waals surface area contributed by atoms with Gasteiger partial charge in [-0.1, -0.05) is 36.1 Å². The summed E-state index contributed by atoms with van der Waals surface area (Å²) >= 11 is 13.8. The third-order valence-electron chi connectivity index (χ3n) is 4.87. The van der Waals surface area contributed by atoms with Crippen LogP contribution in [0.15, 0.2) is 50.2 Å². The molecule has 0 N–H and O–H groups in total. The van der Waals surface area contributed by atoms with Crippen LogP contribution in [0.4, 0.5) is 4.39 Å². The van der Waals surface area contributed by atoms with E-state index in [2.05, 4.69) is 31.9 Å². The van der Waals surface area contributed by atoms with Crippen molar-refractivity contribution in [3.05, 3.63) is 67.2 Å². The zero-order valence-corrected chi connectivity index (χ0v) is 21.1. The van der Waals surface area contributed by atoms with Crippen LogP contribution in [-0.4, -0.2) is 34.4 Å². The monoisotopic (exact) mass is 585 g/mol. The zero-order chi connectivity index (χ0) is 22.0. The lowest BCUT2D eigenvalue weighted by Gasteiger charge is -2.18. The molecule has 2 aliphatic rings. The first-order valence-electron chi connectivity index (χ1n) is 9.64. The average Bonchev–Trinajstić information content (AvgIpc) is 3.32. The van der Waals surface area contributed by atoms with Crippen molar-refractivity contribution in [3.63, 3.8) is 0 Å². The molecule has 0 bridgehead atoms. The highest BCUT2D eigenvalue weighted by atomic mass is 79.9. The molecular formula is C22H18Br2FNO3S2. The van der Waals surface area contributed by atoms with Gasteiger partial charge in [-0.05, 0) is 86.2 Å². The molecule has 2 fully saturated rings. The van der Waals surface area contributed by atoms with Crippen LogP contribution in [0.25, 0.3) is 6.08 Å². The van der Waals surface area contributed by atoms with Gasteiger partial charge in [0.1, 0.15) is 22.5 Å². The van der Waals surface area contributed by atoms with Crippen LogP contribution in [0.2, 0.25) is 0 Å². The van der Waals surface area contributed by atoms with Gasteiger partial charge in [-0.3, -0.25) is 9.69 Å². The standard InChI is InChI=1S/C22H18Br2FNO3S2/c23-17-8-14(9-18(24)20(17)29-12-13-3-1-4-15(25)7-13)10-19-21(27)26(22(30)31-19)11-16-5-2-6-28-16/h1,3-4,7-10,16H,2,5-6,11-12H2/b19-10-/t16-/m1/s1. The summed E-state index contributed by atoms with van der Waals surface area (Å²) in [7, 11) is 0. The minimum Gasteiger partial charge on any atom is -0.487 e. The van der Waals surface area contributed by atoms with E-state index in [4.69, 9.17) is 21.7 Å². The van der Waals surface area contributed by atoms with Gasteiger partial charge in [0.2, 0.25) is 0 Å². The van der Waals surface area contributed by atoms with Gasteiger partial charge in [-0.15, -0.1) is 0 Å². The number of nitrogens with zero attached hydrogens (tertiary/aromatic N) is 1. The van der Waals surface area contributed by atoms with Crippen LogP contribution < -0.4 is 4.74 Å². The molecule has 0 aliphatic carbocycles. The number of carbonyl (C=O) groups is 1. The summed E-state index contributed by atoms with van der Waals surface area (Å²) in [5.41, 5.74) is 1.56. The predicted molar refractivity (Wildman–Crippen MR) is 131 cm³/mol. The Hall–Kier alpha value is -1.26. The molecular weight excluding hydrogens is 569 g/mol. The molecule has 4 rings (SSSR count). The van der Waals surface area contributed by atoms with E-state index in [0.717, 1.165) is 39.5 Å². The summed E-state index contributed by atoms with van der Waals surface area (Å²) in [4.78, 5) is 15.1. The summed E-state index contributed by atoms with van der Waals surface area (Å²) in [5.74, 6) is 0.211. The van der Waals surface area contributed by atoms with Crippen molar-refractivity contribution in [1.29, 1.82) is 0 Å². The molecule has 1 amide bonds. The lowest BCUT2D eigenvalue weighted by Crippen LogP contribution is -2.35. The normalized spacial score (nSPS) is 20.2. The average molecular weight is 587 g/mol. The molecule has 0 unspecified atom stereocenters. The maximum atomic E-state index is 13.4. The largest absolute Gasteiger partial charge is 0.487 e. The third kappa shape index (κ3) is 5.57. The third-order valence-corrected chi connectivity index (χ3v) is 7.43. The Morgan fingerprint density at radius 1 is 1.29 bits per heavy atom. The Labute approximate surface area is 206 Å². The number of benzene rings is 2. The Balaban J connectivity index is 1.48. The maximum absolute atomic E-state index is 13.4. The molecule has 4 nitrogen and oxygen atoms in total. The summed E-state index contributed by atoms with van der Waals surface area (Å²) in [6.07, 6.45) is 3.85. The van der Waals surface area contributed by atoms with E-state index in [1.807, 2.05) is 18.2 Å². The van der Waals surface area contributed by atoms with Crippen molar-refractivity contribution in [1.82, 2.24) is 4.90 Å². The molecule has 31 heavy (non-hydrogen) atoms. The number of hydrogen-bond acceptors (Lipinski definition) is 5. The highest BCUT2D eigenvalue weighted by Crippen LogP contribution is 2.38. The summed E-state index contributed by atoms with van der Waals surface area (Å²) in [5, 5.41) is 0. The van der Waals surface area contributed by atoms with Crippen molar-refractivity contribution < 1.29 is 18.7 Å². The van der Waals surface area contributed by atoms with Crippen molar-refractivity contribution in [3.8, 4) is 5.75 Å². The van der Waals surface area contributed by atoms with Gasteiger partial charge in [0.25, 0.3) is 5.91 Å². The van der Waals surface area contributed by atoms with E-state index in [-0.39, 0.29) is 24.4 Å². The Morgan fingerprint density at radius 2 is 2.06 bits per heavy atom. The molecule has 9 heteroatoms. The quantitative estimate of drug-likeness (QED) is 0.293. The van der Waals surface area contributed by atoms with Crippen molar-refractivity contribution >= 4 is 72.1 Å². The number of thiocarbonyl (C=S) groups is 1. The fourth-order valence-electron chi connectivity index (χ4n) is 3.38. The van der Waals surface area contributed by atoms with Gasteiger partial charge < -0.3 is 9.47 Å². The number of hydrogen-bond donors (Lipinski definition) is 0. The smallest absolute Gasteiger partial charge is 0.266 e. The van der Waals surface area contributed by atoms with Crippen LogP contribution in [0, 0.1) is 5.82 Å². The van der Waals surface area contributed by atoms with E-state index >= 15 is 0 Å². The van der Waals surface area contributed by atoms with Gasteiger partial charge in [0, 0.05) is 6.61 Å². The highest BCUT2D eigenvalue weighted by Gasteiger charge is 2.34. The Bertz CT molecular complexity index is 1030. The number of halogens is 3. The first-order chi connectivity index (χ1) is 14.9. The van der Waals surface area contributed by atoms with E-state index in [9.17, 15) is 9.18 Å². The van der Waals surface area contributed by atoms with E-state index in [1.54, 1.807) is 17.0 Å². The number of ether oxygens (including phenoxy) is 2. The van der Waals surface area contributed by atoms with Crippen molar-refractivity contribution in [2.45, 2.75) is 25.6 Å². The highest BCUT2D eigenvalue weighted by molar-refractivity contribution is 9.11. The number of thioether (sulfide) groups is 1. The van der Waals surface area contributed by atoms with Crippen LogP contribution >= 0.6 is 55.8 Å². The first kappa shape index (κ1) is 22.9. The fourth-order valence-corrected chi connectivity index (χ4v) is 6.11. The van der Waals surface area contributed by atoms with E-state index in [0.29, 0.717) is 21.5 Å². The molecule has 2 aromatic rings. The number of rotatable bonds is 6. The maximum Gasteiger partial charge on any atom is 0.266 e. The van der Waals surface area contributed by atoms with Crippen LogP contribution in [-0.2, 0) is 16.1 Å². The van der Waals surface area contributed by atoms with Crippen molar-refractivity contribution in [2.75, 3.05) is 13.2 Å². The first-order valence-corrected chi connectivity index (χ1v) is 12.4. The van der Waals surface area contributed by atoms with E-state index in [1.165, 1.54) is 23.9 Å². The molecule has 2 saturated heterocycles. The Kier molecular flexibility index (Phi) is 7.48. The molecule has 0 saturated carbocycles. The summed E-state index contributed by atoms with van der Waals surface area (Å²) in [6, 6.07) is 10.0. The molecule has 2 aromatic carbocycles. The van der Waals surface area contributed by atoms with Gasteiger partial charge in [0.05, 0.1) is 26.5 Å². The van der Waals surface area contributed by atoms with Gasteiger partial charge >= 0.3 is 0 Å². The molecule has 0 radical (unpaired) electrons.